The van der Waals surface area contributed by atoms with E-state index in [0.717, 1.165) is 35.0 Å². The van der Waals surface area contributed by atoms with Crippen molar-refractivity contribution in [2.24, 2.45) is 0 Å². The van der Waals surface area contributed by atoms with Crippen LogP contribution in [0.15, 0.2) is 67.3 Å². The number of quaternary nitrogens is 1. The zero-order valence-electron chi connectivity index (χ0n) is 16.5. The van der Waals surface area contributed by atoms with Crippen LogP contribution in [0.25, 0.3) is 11.4 Å². The van der Waals surface area contributed by atoms with Gasteiger partial charge >= 0.3 is 0 Å². The molecule has 3 aromatic rings. The Morgan fingerprint density at radius 2 is 1.86 bits per heavy atom. The van der Waals surface area contributed by atoms with Gasteiger partial charge in [-0.2, -0.15) is 4.68 Å². The van der Waals surface area contributed by atoms with E-state index in [1.807, 2.05) is 35.0 Å². The number of ether oxygens (including phenoxy) is 1. The van der Waals surface area contributed by atoms with E-state index in [0.29, 0.717) is 13.3 Å². The van der Waals surface area contributed by atoms with Gasteiger partial charge in [0, 0.05) is 17.7 Å². The van der Waals surface area contributed by atoms with Gasteiger partial charge in [0.1, 0.15) is 18.9 Å². The van der Waals surface area contributed by atoms with Gasteiger partial charge in [-0.3, -0.25) is 0 Å². The predicted octanol–water partition coefficient (Wildman–Crippen LogP) is 3.34. The van der Waals surface area contributed by atoms with Crippen LogP contribution in [-0.4, -0.2) is 28.0 Å². The summed E-state index contributed by atoms with van der Waals surface area (Å²) in [6, 6.07) is 18.4. The summed E-state index contributed by atoms with van der Waals surface area (Å²) in [5.74, 6) is 1.78. The Morgan fingerprint density at radius 1 is 1.14 bits per heavy atom. The minimum atomic E-state index is 0.520. The number of rotatable bonds is 9. The van der Waals surface area contributed by atoms with Crippen molar-refractivity contribution in [3.63, 3.8) is 0 Å². The highest BCUT2D eigenvalue weighted by molar-refractivity contribution is 7.71. The predicted molar refractivity (Wildman–Crippen MR) is 115 cm³/mol. The van der Waals surface area contributed by atoms with Gasteiger partial charge in [-0.05, 0) is 43.4 Å². The van der Waals surface area contributed by atoms with Gasteiger partial charge in [-0.15, -0.1) is 5.10 Å². The van der Waals surface area contributed by atoms with E-state index in [1.54, 1.807) is 6.08 Å². The summed E-state index contributed by atoms with van der Waals surface area (Å²) in [6.07, 6.45) is 1.74. The maximum atomic E-state index is 5.68. The Morgan fingerprint density at radius 3 is 2.50 bits per heavy atom. The van der Waals surface area contributed by atoms with E-state index in [-0.39, 0.29) is 0 Å². The third-order valence-electron chi connectivity index (χ3n) is 4.49. The monoisotopic (exact) mass is 395 g/mol. The van der Waals surface area contributed by atoms with Gasteiger partial charge in [0.15, 0.2) is 12.5 Å². The molecule has 0 aliphatic heterocycles. The lowest BCUT2D eigenvalue weighted by Crippen LogP contribution is -3.07. The molecular formula is C22H27N4OS+. The Hall–Kier alpha value is -2.70. The summed E-state index contributed by atoms with van der Waals surface area (Å²) in [7, 11) is 2.15. The average Bonchev–Trinajstić information content (AvgIpc) is 3.03. The molecule has 146 valence electrons. The van der Waals surface area contributed by atoms with Crippen LogP contribution in [0.2, 0.25) is 0 Å². The number of nitrogens with zero attached hydrogens (tertiary/aromatic N) is 3. The largest absolute Gasteiger partial charge is 0.490 e. The van der Waals surface area contributed by atoms with Gasteiger partial charge in [-0.1, -0.05) is 43.0 Å². The molecule has 1 unspecified atom stereocenters. The van der Waals surface area contributed by atoms with E-state index >= 15 is 0 Å². The molecule has 0 saturated heterocycles. The van der Waals surface area contributed by atoms with Crippen molar-refractivity contribution in [2.45, 2.75) is 26.7 Å². The van der Waals surface area contributed by atoms with Gasteiger partial charge in [-0.25, -0.2) is 0 Å². The van der Waals surface area contributed by atoms with Crippen LogP contribution in [0, 0.1) is 4.77 Å². The molecule has 0 spiro atoms. The Labute approximate surface area is 171 Å². The molecule has 0 fully saturated rings. The first-order valence-corrected chi connectivity index (χ1v) is 9.90. The molecule has 2 aromatic carbocycles. The second kappa shape index (κ2) is 9.48. The molecule has 1 aromatic heterocycles. The molecule has 1 N–H and O–H groups in total. The number of benzene rings is 2. The zero-order chi connectivity index (χ0) is 19.9. The summed E-state index contributed by atoms with van der Waals surface area (Å²) in [5.41, 5.74) is 2.33. The minimum absolute atomic E-state index is 0.520. The molecule has 6 heteroatoms. The summed E-state index contributed by atoms with van der Waals surface area (Å²) in [4.78, 5) is 1.30. The second-order valence-electron chi connectivity index (χ2n) is 6.75. The minimum Gasteiger partial charge on any atom is -0.490 e. The molecule has 0 saturated carbocycles. The van der Waals surface area contributed by atoms with Crippen molar-refractivity contribution < 1.29 is 9.64 Å². The number of hydrogen-bond acceptors (Lipinski definition) is 3. The van der Waals surface area contributed by atoms with Crippen molar-refractivity contribution in [3.8, 4) is 17.1 Å². The third-order valence-corrected chi connectivity index (χ3v) is 4.92. The van der Waals surface area contributed by atoms with Crippen molar-refractivity contribution in [1.82, 2.24) is 14.3 Å². The van der Waals surface area contributed by atoms with Gasteiger partial charge < -0.3 is 14.2 Å². The molecule has 0 amide bonds. The molecular weight excluding hydrogens is 368 g/mol. The fraction of sp³-hybridized carbons (Fsp3) is 0.273. The summed E-state index contributed by atoms with van der Waals surface area (Å²) < 4.78 is 10.3. The van der Waals surface area contributed by atoms with Crippen molar-refractivity contribution in [2.75, 3.05) is 13.7 Å². The zero-order valence-corrected chi connectivity index (χ0v) is 17.3. The summed E-state index contributed by atoms with van der Waals surface area (Å²) >= 11 is 5.68. The Bertz CT molecular complexity index is 960. The van der Waals surface area contributed by atoms with Crippen LogP contribution in [0.3, 0.4) is 0 Å². The number of hydrogen-bond donors (Lipinski definition) is 1. The van der Waals surface area contributed by atoms with Gasteiger partial charge in [0.2, 0.25) is 4.77 Å². The van der Waals surface area contributed by atoms with Crippen LogP contribution >= 0.6 is 12.2 Å². The van der Waals surface area contributed by atoms with Crippen LogP contribution in [-0.2, 0) is 19.8 Å². The molecule has 5 nitrogen and oxygen atoms in total. The standard InChI is InChI=1S/C22H26N4OS/c1-4-15-27-20-13-11-18(12-14-20)16-24(3)17-26-22(28)25(5-2)21(23-26)19-9-7-6-8-10-19/h4,6-14H,1,5,15-17H2,2-3H3/p+1. The number of aromatic nitrogens is 3. The maximum absolute atomic E-state index is 5.68. The molecule has 0 bridgehead atoms. The Balaban J connectivity index is 1.72. The lowest BCUT2D eigenvalue weighted by molar-refractivity contribution is -0.917. The maximum Gasteiger partial charge on any atom is 0.203 e. The fourth-order valence-corrected chi connectivity index (χ4v) is 3.47. The summed E-state index contributed by atoms with van der Waals surface area (Å²) in [6.45, 7) is 8.67. The molecule has 3 rings (SSSR count). The molecule has 28 heavy (non-hydrogen) atoms. The van der Waals surface area contributed by atoms with Crippen LogP contribution in [0.1, 0.15) is 12.5 Å². The lowest BCUT2D eigenvalue weighted by atomic mass is 10.2. The van der Waals surface area contributed by atoms with E-state index in [4.69, 9.17) is 22.1 Å². The van der Waals surface area contributed by atoms with Gasteiger partial charge in [0.05, 0.1) is 7.05 Å². The van der Waals surface area contributed by atoms with E-state index in [9.17, 15) is 0 Å². The molecule has 0 radical (unpaired) electrons. The molecule has 0 aliphatic carbocycles. The van der Waals surface area contributed by atoms with Crippen molar-refractivity contribution in [3.05, 3.63) is 77.6 Å². The van der Waals surface area contributed by atoms with Crippen LogP contribution in [0.5, 0.6) is 5.75 Å². The van der Waals surface area contributed by atoms with Crippen molar-refractivity contribution in [1.29, 1.82) is 0 Å². The highest BCUT2D eigenvalue weighted by Crippen LogP contribution is 2.17. The van der Waals surface area contributed by atoms with E-state index < -0.39 is 0 Å². The first-order valence-electron chi connectivity index (χ1n) is 9.49. The lowest BCUT2D eigenvalue weighted by Gasteiger charge is -2.14. The highest BCUT2D eigenvalue weighted by atomic mass is 32.1. The summed E-state index contributed by atoms with van der Waals surface area (Å²) in [5, 5.41) is 4.81. The molecule has 1 atom stereocenters. The third kappa shape index (κ3) is 4.77. The smallest absolute Gasteiger partial charge is 0.203 e. The number of nitrogens with one attached hydrogen (secondary N) is 1. The van der Waals surface area contributed by atoms with Gasteiger partial charge in [0.25, 0.3) is 0 Å². The quantitative estimate of drug-likeness (QED) is 0.446. The first-order chi connectivity index (χ1) is 13.6. The molecule has 0 aliphatic rings. The SMILES string of the molecule is C=CCOc1ccc(C[NH+](C)Cn2nc(-c3ccccc3)n(CC)c2=S)cc1. The van der Waals surface area contributed by atoms with Crippen molar-refractivity contribution >= 4 is 12.2 Å². The normalized spacial score (nSPS) is 11.9. The van der Waals surface area contributed by atoms with E-state index in [1.165, 1.54) is 10.5 Å². The van der Waals surface area contributed by atoms with E-state index in [2.05, 4.69) is 49.4 Å². The first kappa shape index (κ1) is 20.0. The van der Waals surface area contributed by atoms with Crippen LogP contribution < -0.4 is 9.64 Å². The Kier molecular flexibility index (Phi) is 6.79. The fourth-order valence-electron chi connectivity index (χ4n) is 3.15. The molecule has 1 heterocycles. The van der Waals surface area contributed by atoms with Crippen LogP contribution in [0.4, 0.5) is 0 Å². The topological polar surface area (TPSA) is 36.4 Å². The second-order valence-corrected chi connectivity index (χ2v) is 7.12. The highest BCUT2D eigenvalue weighted by Gasteiger charge is 2.14. The average molecular weight is 396 g/mol.